The van der Waals surface area contributed by atoms with Gasteiger partial charge in [0.2, 0.25) is 6.20 Å². The number of nitrogens with one attached hydrogen (secondary N) is 1. The van der Waals surface area contributed by atoms with Gasteiger partial charge in [-0.1, -0.05) is 0 Å². The molecule has 0 amide bonds. The molecule has 1 aromatic carbocycles. The Kier molecular flexibility index (Phi) is 2.18. The third-order valence-electron chi connectivity index (χ3n) is 1.97. The third-order valence-corrected chi connectivity index (χ3v) is 1.97. The number of H-pyrrole nitrogens is 1. The van der Waals surface area contributed by atoms with Crippen LogP contribution in [0.4, 0.5) is 0 Å². The molecule has 72 valence electrons. The van der Waals surface area contributed by atoms with Gasteiger partial charge in [0.1, 0.15) is 11.3 Å². The van der Waals surface area contributed by atoms with Crippen LogP contribution in [0.5, 0.6) is 5.75 Å². The molecule has 2 aromatic rings. The average Bonchev–Trinajstić information content (AvgIpc) is 2.20. The van der Waals surface area contributed by atoms with Gasteiger partial charge in [-0.3, -0.25) is 0 Å². The van der Waals surface area contributed by atoms with Gasteiger partial charge in [-0.15, -0.1) is 0 Å². The number of aromatic nitrogens is 2. The minimum atomic E-state index is 0.582. The zero-order chi connectivity index (χ0) is 9.97. The highest BCUT2D eigenvalue weighted by Gasteiger charge is 2.06. The van der Waals surface area contributed by atoms with E-state index in [0.29, 0.717) is 17.9 Å². The van der Waals surface area contributed by atoms with Gasteiger partial charge >= 0.3 is 0 Å². The van der Waals surface area contributed by atoms with E-state index in [9.17, 15) is 4.91 Å². The lowest BCUT2D eigenvalue weighted by molar-refractivity contribution is -0.464. The van der Waals surface area contributed by atoms with Crippen molar-refractivity contribution in [1.29, 1.82) is 0 Å². The van der Waals surface area contributed by atoms with Crippen LogP contribution >= 0.6 is 0 Å². The maximum Gasteiger partial charge on any atom is 0.289 e. The molecule has 0 radical (unpaired) electrons. The van der Waals surface area contributed by atoms with E-state index < -0.39 is 0 Å². The van der Waals surface area contributed by atoms with Gasteiger partial charge in [-0.25, -0.2) is 0 Å². The van der Waals surface area contributed by atoms with Crippen molar-refractivity contribution in [3.8, 4) is 5.75 Å². The maximum atomic E-state index is 11.4. The number of hydrogen-bond acceptors (Lipinski definition) is 2. The Morgan fingerprint density at radius 2 is 2.36 bits per heavy atom. The molecule has 0 bridgehead atoms. The molecule has 0 saturated heterocycles. The van der Waals surface area contributed by atoms with E-state index in [1.54, 1.807) is 12.3 Å². The fourth-order valence-corrected chi connectivity index (χ4v) is 1.35. The molecule has 0 spiro atoms. The summed E-state index contributed by atoms with van der Waals surface area (Å²) >= 11 is 0. The smallest absolute Gasteiger partial charge is 0.289 e. The SMILES string of the molecule is CCOc1ccc2[nH]cc[n+](=O)c2c1. The number of hydrogen-bond donors (Lipinski definition) is 1. The first kappa shape index (κ1) is 8.74. The number of aromatic amines is 1. The minimum absolute atomic E-state index is 0.582. The van der Waals surface area contributed by atoms with E-state index in [1.165, 1.54) is 6.20 Å². The topological polar surface area (TPSA) is 48.0 Å². The second kappa shape index (κ2) is 3.49. The molecule has 4 heteroatoms. The Balaban J connectivity index is 2.64. The molecular formula is C10H11N2O2+. The molecule has 1 heterocycles. The van der Waals surface area contributed by atoms with Gasteiger partial charge in [0.15, 0.2) is 0 Å². The third kappa shape index (κ3) is 1.46. The van der Waals surface area contributed by atoms with Crippen LogP contribution in [0, 0.1) is 4.91 Å². The van der Waals surface area contributed by atoms with Crippen molar-refractivity contribution in [2.24, 2.45) is 0 Å². The van der Waals surface area contributed by atoms with E-state index in [1.807, 2.05) is 19.1 Å². The molecule has 0 saturated carbocycles. The van der Waals surface area contributed by atoms with E-state index in [-0.39, 0.29) is 0 Å². The summed E-state index contributed by atoms with van der Waals surface area (Å²) in [4.78, 5) is 14.4. The summed E-state index contributed by atoms with van der Waals surface area (Å²) in [5, 5.41) is 0. The van der Waals surface area contributed by atoms with Gasteiger partial charge in [-0.2, -0.15) is 0 Å². The summed E-state index contributed by atoms with van der Waals surface area (Å²) in [6, 6.07) is 5.39. The summed E-state index contributed by atoms with van der Waals surface area (Å²) in [6.07, 6.45) is 3.04. The van der Waals surface area contributed by atoms with Crippen molar-refractivity contribution in [3.63, 3.8) is 0 Å². The molecule has 0 aliphatic carbocycles. The van der Waals surface area contributed by atoms with Crippen molar-refractivity contribution in [1.82, 2.24) is 4.98 Å². The van der Waals surface area contributed by atoms with Crippen LogP contribution in [0.15, 0.2) is 30.6 Å². The van der Waals surface area contributed by atoms with Crippen LogP contribution < -0.4 is 9.16 Å². The first-order chi connectivity index (χ1) is 6.81. The molecule has 2 rings (SSSR count). The number of nitrogens with zero attached hydrogens (tertiary/aromatic N) is 1. The van der Waals surface area contributed by atoms with E-state index >= 15 is 0 Å². The van der Waals surface area contributed by atoms with Crippen molar-refractivity contribution in [2.75, 3.05) is 6.61 Å². The minimum Gasteiger partial charge on any atom is -0.494 e. The Hall–Kier alpha value is -1.84. The fourth-order valence-electron chi connectivity index (χ4n) is 1.35. The molecule has 0 unspecified atom stereocenters. The number of ether oxygens (including phenoxy) is 1. The molecule has 1 aromatic heterocycles. The van der Waals surface area contributed by atoms with Gasteiger partial charge in [0.25, 0.3) is 5.52 Å². The predicted octanol–water partition coefficient (Wildman–Crippen LogP) is 1.48. The fraction of sp³-hybridized carbons (Fsp3) is 0.200. The van der Waals surface area contributed by atoms with Gasteiger partial charge < -0.3 is 9.72 Å². The van der Waals surface area contributed by atoms with Crippen LogP contribution in [0.2, 0.25) is 0 Å². The molecule has 0 atom stereocenters. The van der Waals surface area contributed by atoms with E-state index in [2.05, 4.69) is 4.98 Å². The number of fused-ring (bicyclic) bond motifs is 1. The first-order valence-corrected chi connectivity index (χ1v) is 4.47. The summed E-state index contributed by atoms with van der Waals surface area (Å²) < 4.78 is 6.12. The summed E-state index contributed by atoms with van der Waals surface area (Å²) in [6.45, 7) is 2.51. The van der Waals surface area contributed by atoms with Crippen LogP contribution in [0.25, 0.3) is 11.0 Å². The van der Waals surface area contributed by atoms with Crippen molar-refractivity contribution in [3.05, 3.63) is 35.5 Å². The highest BCUT2D eigenvalue weighted by Crippen LogP contribution is 2.15. The lowest BCUT2D eigenvalue weighted by Gasteiger charge is -2.00. The average molecular weight is 191 g/mol. The van der Waals surface area contributed by atoms with Crippen LogP contribution in [0.1, 0.15) is 6.92 Å². The zero-order valence-electron chi connectivity index (χ0n) is 7.86. The molecule has 0 aliphatic heterocycles. The summed E-state index contributed by atoms with van der Waals surface area (Å²) in [7, 11) is 0. The quantitative estimate of drug-likeness (QED) is 0.731. The highest BCUT2D eigenvalue weighted by atomic mass is 16.5. The van der Waals surface area contributed by atoms with Gasteiger partial charge in [0, 0.05) is 4.91 Å². The Labute approximate surface area is 80.8 Å². The summed E-state index contributed by atoms with van der Waals surface area (Å²) in [5.74, 6) is 0.712. The summed E-state index contributed by atoms with van der Waals surface area (Å²) in [5.41, 5.74) is 1.38. The molecule has 14 heavy (non-hydrogen) atoms. The van der Waals surface area contributed by atoms with Crippen molar-refractivity contribution in [2.45, 2.75) is 6.92 Å². The second-order valence-electron chi connectivity index (χ2n) is 2.90. The Morgan fingerprint density at radius 1 is 1.50 bits per heavy atom. The standard InChI is InChI=1S/C10H11N2O2/c1-2-14-8-3-4-9-10(7-8)12(13)6-5-11-9/h3-7H,2H2,1H3,(H,11,13)/q+1. The molecule has 4 nitrogen and oxygen atoms in total. The first-order valence-electron chi connectivity index (χ1n) is 4.47. The highest BCUT2D eigenvalue weighted by molar-refractivity contribution is 5.72. The van der Waals surface area contributed by atoms with Crippen LogP contribution in [-0.4, -0.2) is 11.6 Å². The predicted molar refractivity (Wildman–Crippen MR) is 52.8 cm³/mol. The van der Waals surface area contributed by atoms with Gasteiger partial charge in [0.05, 0.1) is 23.3 Å². The molecule has 0 fully saturated rings. The maximum absolute atomic E-state index is 11.4. The van der Waals surface area contributed by atoms with Crippen LogP contribution in [0.3, 0.4) is 0 Å². The monoisotopic (exact) mass is 191 g/mol. The molecule has 0 aliphatic rings. The molecular weight excluding hydrogens is 180 g/mol. The lowest BCUT2D eigenvalue weighted by Crippen LogP contribution is -2.14. The Morgan fingerprint density at radius 3 is 3.14 bits per heavy atom. The second-order valence-corrected chi connectivity index (χ2v) is 2.90. The normalized spacial score (nSPS) is 10.4. The molecule has 1 N–H and O–H groups in total. The largest absolute Gasteiger partial charge is 0.494 e. The van der Waals surface area contributed by atoms with E-state index in [0.717, 1.165) is 9.94 Å². The van der Waals surface area contributed by atoms with Gasteiger partial charge in [-0.05, 0) is 19.1 Å². The van der Waals surface area contributed by atoms with Crippen molar-refractivity contribution >= 4 is 11.0 Å². The van der Waals surface area contributed by atoms with E-state index in [4.69, 9.17) is 4.74 Å². The van der Waals surface area contributed by atoms with Crippen LogP contribution in [-0.2, 0) is 0 Å². The number of rotatable bonds is 2. The van der Waals surface area contributed by atoms with Crippen molar-refractivity contribution < 1.29 is 9.16 Å². The number of benzene rings is 1. The Bertz CT molecular complexity index is 505. The lowest BCUT2D eigenvalue weighted by atomic mass is 10.3. The zero-order valence-corrected chi connectivity index (χ0v) is 7.86.